The maximum absolute atomic E-state index is 12.7. The molecule has 0 bridgehead atoms. The van der Waals surface area contributed by atoms with Crippen molar-refractivity contribution in [1.82, 2.24) is 20.2 Å². The van der Waals surface area contributed by atoms with Crippen molar-refractivity contribution in [2.24, 2.45) is 0 Å². The number of carbonyl (C=O) groups is 1. The van der Waals surface area contributed by atoms with Gasteiger partial charge in [-0.3, -0.25) is 4.79 Å². The van der Waals surface area contributed by atoms with Gasteiger partial charge in [-0.25, -0.2) is 0 Å². The van der Waals surface area contributed by atoms with Crippen LogP contribution < -0.4 is 0 Å². The van der Waals surface area contributed by atoms with Crippen LogP contribution in [0, 0.1) is 0 Å². The molecule has 1 aliphatic carbocycles. The summed E-state index contributed by atoms with van der Waals surface area (Å²) in [6.07, 6.45) is 4.72. The molecular weight excluding hydrogens is 284 g/mol. The van der Waals surface area contributed by atoms with E-state index in [9.17, 15) is 4.79 Å². The number of hydrogen-bond donors (Lipinski definition) is 0. The standard InChI is InChI=1S/C15H18N4O3/c1-2-13-16-14(18-22-13)11-4-3-7-19(11)15(20)10-8-12(21-17-10)9-5-6-9/h8-9,11H,2-7H2,1H3/t11-/m0/s1. The Balaban J connectivity index is 1.55. The first-order chi connectivity index (χ1) is 10.8. The summed E-state index contributed by atoms with van der Waals surface area (Å²) in [6.45, 7) is 2.65. The minimum absolute atomic E-state index is 0.110. The third-order valence-electron chi connectivity index (χ3n) is 4.33. The van der Waals surface area contributed by atoms with E-state index in [4.69, 9.17) is 9.05 Å². The Kier molecular flexibility index (Phi) is 3.20. The molecule has 2 aliphatic rings. The minimum Gasteiger partial charge on any atom is -0.360 e. The fraction of sp³-hybridized carbons (Fsp3) is 0.600. The lowest BCUT2D eigenvalue weighted by atomic mass is 10.2. The Morgan fingerprint density at radius 1 is 1.32 bits per heavy atom. The van der Waals surface area contributed by atoms with Crippen LogP contribution in [0.2, 0.25) is 0 Å². The van der Waals surface area contributed by atoms with E-state index >= 15 is 0 Å². The van der Waals surface area contributed by atoms with Gasteiger partial charge in [-0.2, -0.15) is 4.98 Å². The zero-order valence-corrected chi connectivity index (χ0v) is 12.5. The largest absolute Gasteiger partial charge is 0.360 e. The van der Waals surface area contributed by atoms with Crippen LogP contribution in [0.4, 0.5) is 0 Å². The first-order valence-electron chi connectivity index (χ1n) is 7.86. The van der Waals surface area contributed by atoms with Crippen molar-refractivity contribution < 1.29 is 13.8 Å². The molecule has 1 saturated carbocycles. The summed E-state index contributed by atoms with van der Waals surface area (Å²) in [7, 11) is 0. The fourth-order valence-corrected chi connectivity index (χ4v) is 2.92. The Labute approximate surface area is 127 Å². The van der Waals surface area contributed by atoms with E-state index in [0.29, 0.717) is 36.3 Å². The fourth-order valence-electron chi connectivity index (χ4n) is 2.92. The molecule has 7 heteroatoms. The van der Waals surface area contributed by atoms with Gasteiger partial charge >= 0.3 is 0 Å². The van der Waals surface area contributed by atoms with Crippen LogP contribution in [0.1, 0.15) is 72.5 Å². The van der Waals surface area contributed by atoms with Gasteiger partial charge in [0.1, 0.15) is 5.76 Å². The van der Waals surface area contributed by atoms with E-state index < -0.39 is 0 Å². The van der Waals surface area contributed by atoms with E-state index in [1.807, 2.05) is 6.92 Å². The zero-order valence-electron chi connectivity index (χ0n) is 12.5. The van der Waals surface area contributed by atoms with Crippen molar-refractivity contribution >= 4 is 5.91 Å². The summed E-state index contributed by atoms with van der Waals surface area (Å²) >= 11 is 0. The van der Waals surface area contributed by atoms with Crippen LogP contribution >= 0.6 is 0 Å². The zero-order chi connectivity index (χ0) is 15.1. The molecule has 116 valence electrons. The highest BCUT2D eigenvalue weighted by atomic mass is 16.5. The lowest BCUT2D eigenvalue weighted by Crippen LogP contribution is -2.31. The second kappa shape index (κ2) is 5.23. The maximum atomic E-state index is 12.7. The monoisotopic (exact) mass is 302 g/mol. The van der Waals surface area contributed by atoms with Crippen LogP contribution in [0.15, 0.2) is 15.1 Å². The van der Waals surface area contributed by atoms with Gasteiger partial charge in [-0.15, -0.1) is 0 Å². The molecule has 4 rings (SSSR count). The molecule has 2 fully saturated rings. The topological polar surface area (TPSA) is 85.3 Å². The second-order valence-electron chi connectivity index (χ2n) is 5.95. The Morgan fingerprint density at radius 2 is 2.18 bits per heavy atom. The normalized spacial score (nSPS) is 21.5. The van der Waals surface area contributed by atoms with Crippen LogP contribution in [0.25, 0.3) is 0 Å². The molecule has 0 N–H and O–H groups in total. The van der Waals surface area contributed by atoms with Gasteiger partial charge in [0.25, 0.3) is 5.91 Å². The van der Waals surface area contributed by atoms with Gasteiger partial charge in [0, 0.05) is 24.9 Å². The van der Waals surface area contributed by atoms with Crippen molar-refractivity contribution in [3.8, 4) is 0 Å². The molecule has 0 radical (unpaired) electrons. The molecule has 22 heavy (non-hydrogen) atoms. The predicted octanol–water partition coefficient (Wildman–Crippen LogP) is 2.47. The third kappa shape index (κ3) is 2.30. The van der Waals surface area contributed by atoms with Gasteiger partial charge in [0.15, 0.2) is 11.5 Å². The average Bonchev–Trinajstić information content (AvgIpc) is 3.02. The lowest BCUT2D eigenvalue weighted by Gasteiger charge is -2.20. The molecule has 2 aromatic rings. The number of carbonyl (C=O) groups excluding carboxylic acids is 1. The van der Waals surface area contributed by atoms with Crippen LogP contribution in [-0.2, 0) is 6.42 Å². The summed E-state index contributed by atoms with van der Waals surface area (Å²) in [5.41, 5.74) is 0.382. The highest BCUT2D eigenvalue weighted by Gasteiger charge is 2.36. The lowest BCUT2D eigenvalue weighted by molar-refractivity contribution is 0.0717. The number of rotatable bonds is 4. The highest BCUT2D eigenvalue weighted by Crippen LogP contribution is 2.40. The van der Waals surface area contributed by atoms with Gasteiger partial charge in [0.2, 0.25) is 5.89 Å². The Bertz CT molecular complexity index is 689. The van der Waals surface area contributed by atoms with Crippen molar-refractivity contribution in [1.29, 1.82) is 0 Å². The number of hydrogen-bond acceptors (Lipinski definition) is 6. The molecule has 1 amide bonds. The molecule has 2 aromatic heterocycles. The van der Waals surface area contributed by atoms with E-state index in [-0.39, 0.29) is 11.9 Å². The molecule has 0 spiro atoms. The Morgan fingerprint density at radius 3 is 2.91 bits per heavy atom. The van der Waals surface area contributed by atoms with Crippen LogP contribution in [0.5, 0.6) is 0 Å². The summed E-state index contributed by atoms with van der Waals surface area (Å²) in [5.74, 6) is 2.36. The van der Waals surface area contributed by atoms with Crippen LogP contribution in [-0.4, -0.2) is 32.6 Å². The minimum atomic E-state index is -0.127. The smallest absolute Gasteiger partial charge is 0.276 e. The summed E-state index contributed by atoms with van der Waals surface area (Å²) in [4.78, 5) is 18.8. The summed E-state index contributed by atoms with van der Waals surface area (Å²) in [6, 6.07) is 1.65. The molecule has 7 nitrogen and oxygen atoms in total. The number of aromatic nitrogens is 3. The van der Waals surface area contributed by atoms with Gasteiger partial charge in [0.05, 0.1) is 6.04 Å². The van der Waals surface area contributed by atoms with Gasteiger partial charge in [-0.05, 0) is 25.7 Å². The average molecular weight is 302 g/mol. The van der Waals surface area contributed by atoms with E-state index in [0.717, 1.165) is 31.4 Å². The molecular formula is C15H18N4O3. The van der Waals surface area contributed by atoms with Crippen molar-refractivity contribution in [3.05, 3.63) is 29.2 Å². The first kappa shape index (κ1) is 13.5. The van der Waals surface area contributed by atoms with Gasteiger partial charge < -0.3 is 13.9 Å². The molecule has 0 aromatic carbocycles. The van der Waals surface area contributed by atoms with Gasteiger partial charge in [-0.1, -0.05) is 17.2 Å². The third-order valence-corrected chi connectivity index (χ3v) is 4.33. The number of aryl methyl sites for hydroxylation is 1. The second-order valence-corrected chi connectivity index (χ2v) is 5.95. The summed E-state index contributed by atoms with van der Waals surface area (Å²) in [5, 5.41) is 7.96. The first-order valence-corrected chi connectivity index (χ1v) is 7.86. The number of amides is 1. The van der Waals surface area contributed by atoms with Crippen molar-refractivity contribution in [2.45, 2.75) is 51.0 Å². The van der Waals surface area contributed by atoms with Crippen molar-refractivity contribution in [3.63, 3.8) is 0 Å². The van der Waals surface area contributed by atoms with Crippen LogP contribution in [0.3, 0.4) is 0 Å². The quantitative estimate of drug-likeness (QED) is 0.862. The molecule has 3 heterocycles. The van der Waals surface area contributed by atoms with E-state index in [1.165, 1.54) is 0 Å². The van der Waals surface area contributed by atoms with E-state index in [2.05, 4.69) is 15.3 Å². The highest BCUT2D eigenvalue weighted by molar-refractivity contribution is 5.92. The Hall–Kier alpha value is -2.18. The number of nitrogens with zero attached hydrogens (tertiary/aromatic N) is 4. The van der Waals surface area contributed by atoms with Crippen molar-refractivity contribution in [2.75, 3.05) is 6.54 Å². The van der Waals surface area contributed by atoms with E-state index in [1.54, 1.807) is 11.0 Å². The molecule has 1 aliphatic heterocycles. The molecule has 0 unspecified atom stereocenters. The molecule has 1 atom stereocenters. The number of likely N-dealkylation sites (tertiary alicyclic amines) is 1. The summed E-state index contributed by atoms with van der Waals surface area (Å²) < 4.78 is 10.5. The SMILES string of the molecule is CCc1nc([C@@H]2CCCN2C(=O)c2cc(C3CC3)on2)no1. The molecule has 1 saturated heterocycles. The predicted molar refractivity (Wildman–Crippen MR) is 75.2 cm³/mol. The maximum Gasteiger partial charge on any atom is 0.276 e.